The number of hydrogen-bond acceptors (Lipinski definition) is 2. The summed E-state index contributed by atoms with van der Waals surface area (Å²) in [5.74, 6) is 1.26. The molecule has 0 spiro atoms. The van der Waals surface area contributed by atoms with Crippen LogP contribution in [0.1, 0.15) is 27.2 Å². The van der Waals surface area contributed by atoms with Gasteiger partial charge in [0.1, 0.15) is 6.61 Å². The molecule has 0 aromatic heterocycles. The number of ether oxygens (including phenoxy) is 1. The van der Waals surface area contributed by atoms with Crippen molar-refractivity contribution in [3.8, 4) is 0 Å². The van der Waals surface area contributed by atoms with Crippen LogP contribution < -0.4 is 5.32 Å². The molecule has 1 N–H and O–H groups in total. The zero-order chi connectivity index (χ0) is 9.19. The number of rotatable bonds is 0. The molecular weight excluding hydrogens is 346 g/mol. The third-order valence-corrected chi connectivity index (χ3v) is 1.80. The molecule has 0 atom stereocenters. The van der Waals surface area contributed by atoms with E-state index in [1.54, 1.807) is 0 Å². The summed E-state index contributed by atoms with van der Waals surface area (Å²) in [5, 5.41) is 2.90. The Hall–Kier alpha value is 0.0794. The summed E-state index contributed by atoms with van der Waals surface area (Å²) in [5.41, 5.74) is -0.120. The van der Waals surface area contributed by atoms with E-state index < -0.39 is 0 Å². The fraction of sp³-hybridized carbons (Fsp3) is 0.778. The molecule has 13 heavy (non-hydrogen) atoms. The quantitative estimate of drug-likeness (QED) is 0.650. The van der Waals surface area contributed by atoms with E-state index >= 15 is 0 Å². The monoisotopic (exact) mass is 363 g/mol. The smallest absolute Gasteiger partial charge is 0.246 e. The molecule has 1 heterocycles. The van der Waals surface area contributed by atoms with Crippen LogP contribution in [-0.4, -0.2) is 24.7 Å². The first kappa shape index (κ1) is 13.1. The van der Waals surface area contributed by atoms with Crippen LogP contribution in [0.25, 0.3) is 0 Å². The van der Waals surface area contributed by atoms with E-state index in [9.17, 15) is 4.79 Å². The fourth-order valence-corrected chi connectivity index (χ4v) is 1.58. The maximum atomic E-state index is 11.1. The maximum absolute atomic E-state index is 11.1. The molecule has 79 valence electrons. The van der Waals surface area contributed by atoms with Crippen LogP contribution in [-0.2, 0) is 29.6 Å². The Bertz CT molecular complexity index is 182. The van der Waals surface area contributed by atoms with E-state index in [2.05, 4.69) is 12.2 Å². The Morgan fingerprint density at radius 3 is 2.77 bits per heavy atom. The second kappa shape index (κ2) is 5.08. The van der Waals surface area contributed by atoms with E-state index in [1.807, 2.05) is 13.8 Å². The molecule has 1 fully saturated rings. The average molecular weight is 362 g/mol. The van der Waals surface area contributed by atoms with Gasteiger partial charge in [0, 0.05) is 25.6 Å². The molecule has 1 rings (SSSR count). The number of carbonyl (C=O) groups excluding carboxylic acids is 1. The van der Waals surface area contributed by atoms with Gasteiger partial charge in [-0.2, -0.15) is 13.3 Å². The summed E-state index contributed by atoms with van der Waals surface area (Å²) in [6.45, 7) is 6.90. The first-order valence-electron chi connectivity index (χ1n) is 4.20. The number of nitrogens with one attached hydrogen (secondary N) is 1. The second-order valence-corrected chi connectivity index (χ2v) is 4.06. The SMILES string of the molecule is C[C-]1COCC(=O)NC(C)(C)C1.[Ir]. The van der Waals surface area contributed by atoms with Crippen LogP contribution >= 0.6 is 0 Å². The molecule has 0 aromatic carbocycles. The molecule has 0 bridgehead atoms. The fourth-order valence-electron chi connectivity index (χ4n) is 1.58. The van der Waals surface area contributed by atoms with Crippen molar-refractivity contribution < 1.29 is 29.6 Å². The first-order chi connectivity index (χ1) is 5.49. The van der Waals surface area contributed by atoms with Gasteiger partial charge in [-0.3, -0.25) is 10.7 Å². The Kier molecular flexibility index (Phi) is 5.11. The van der Waals surface area contributed by atoms with Gasteiger partial charge in [-0.25, -0.2) is 0 Å². The summed E-state index contributed by atoms with van der Waals surface area (Å²) >= 11 is 0. The van der Waals surface area contributed by atoms with Gasteiger partial charge in [-0.1, -0.05) is 6.61 Å². The van der Waals surface area contributed by atoms with Gasteiger partial charge in [0.2, 0.25) is 5.91 Å². The van der Waals surface area contributed by atoms with Crippen molar-refractivity contribution >= 4 is 5.91 Å². The van der Waals surface area contributed by atoms with Gasteiger partial charge in [-0.05, 0) is 13.8 Å². The van der Waals surface area contributed by atoms with Crippen molar-refractivity contribution in [1.82, 2.24) is 5.32 Å². The minimum atomic E-state index is -0.120. The van der Waals surface area contributed by atoms with Crippen LogP contribution in [0, 0.1) is 5.92 Å². The third kappa shape index (κ3) is 4.75. The largest absolute Gasteiger partial charge is 0.403 e. The summed E-state index contributed by atoms with van der Waals surface area (Å²) < 4.78 is 5.14. The van der Waals surface area contributed by atoms with Crippen molar-refractivity contribution in [2.45, 2.75) is 32.7 Å². The van der Waals surface area contributed by atoms with Gasteiger partial charge in [0.25, 0.3) is 0 Å². The molecular formula is C9H16IrNO2-. The van der Waals surface area contributed by atoms with Crippen LogP contribution in [0.4, 0.5) is 0 Å². The molecule has 1 amide bonds. The Balaban J connectivity index is 0.00000144. The van der Waals surface area contributed by atoms with E-state index in [0.29, 0.717) is 6.61 Å². The molecule has 4 heteroatoms. The summed E-state index contributed by atoms with van der Waals surface area (Å²) in [6, 6.07) is 0. The average Bonchev–Trinajstić information content (AvgIpc) is 1.81. The molecule has 1 radical (unpaired) electrons. The second-order valence-electron chi connectivity index (χ2n) is 4.06. The van der Waals surface area contributed by atoms with Gasteiger partial charge in [0.05, 0.1) is 0 Å². The van der Waals surface area contributed by atoms with Crippen LogP contribution in [0.2, 0.25) is 0 Å². The van der Waals surface area contributed by atoms with E-state index in [1.165, 1.54) is 5.92 Å². The van der Waals surface area contributed by atoms with Gasteiger partial charge >= 0.3 is 0 Å². The number of hydrogen-bond donors (Lipinski definition) is 1. The van der Waals surface area contributed by atoms with Crippen LogP contribution in [0.15, 0.2) is 0 Å². The molecule has 0 saturated carbocycles. The summed E-state index contributed by atoms with van der Waals surface area (Å²) in [7, 11) is 0. The summed E-state index contributed by atoms with van der Waals surface area (Å²) in [6.07, 6.45) is 0.888. The predicted octanol–water partition coefficient (Wildman–Crippen LogP) is 0.893. The minimum Gasteiger partial charge on any atom is -0.403 e. The van der Waals surface area contributed by atoms with Crippen molar-refractivity contribution in [3.63, 3.8) is 0 Å². The maximum Gasteiger partial charge on any atom is 0.246 e. The normalized spacial score (nSPS) is 23.8. The van der Waals surface area contributed by atoms with Gasteiger partial charge in [-0.15, -0.1) is 0 Å². The molecule has 1 aliphatic heterocycles. The van der Waals surface area contributed by atoms with Crippen molar-refractivity contribution in [1.29, 1.82) is 0 Å². The van der Waals surface area contributed by atoms with E-state index in [0.717, 1.165) is 6.42 Å². The van der Waals surface area contributed by atoms with Gasteiger partial charge in [0.15, 0.2) is 0 Å². The van der Waals surface area contributed by atoms with Crippen LogP contribution in [0.5, 0.6) is 0 Å². The predicted molar refractivity (Wildman–Crippen MR) is 46.6 cm³/mol. The Morgan fingerprint density at radius 2 is 2.15 bits per heavy atom. The third-order valence-electron chi connectivity index (χ3n) is 1.80. The first-order valence-corrected chi connectivity index (χ1v) is 4.20. The standard InChI is InChI=1S/C9H16NO2.Ir/c1-7-4-9(2,3)10-8(11)6-12-5-7;/h4-6H2,1-3H3,(H,10,11);/q-1;. The molecule has 1 saturated heterocycles. The van der Waals surface area contributed by atoms with Crippen molar-refractivity contribution in [2.75, 3.05) is 13.2 Å². The summed E-state index contributed by atoms with van der Waals surface area (Å²) in [4.78, 5) is 11.1. The zero-order valence-electron chi connectivity index (χ0n) is 8.27. The Labute approximate surface area is 93.0 Å². The molecule has 0 aromatic rings. The van der Waals surface area contributed by atoms with Crippen LogP contribution in [0.3, 0.4) is 0 Å². The zero-order valence-corrected chi connectivity index (χ0v) is 10.7. The Morgan fingerprint density at radius 1 is 1.54 bits per heavy atom. The number of carbonyl (C=O) groups is 1. The van der Waals surface area contributed by atoms with E-state index in [4.69, 9.17) is 4.74 Å². The molecule has 3 nitrogen and oxygen atoms in total. The molecule has 0 aliphatic carbocycles. The van der Waals surface area contributed by atoms with Crippen molar-refractivity contribution in [3.05, 3.63) is 5.92 Å². The van der Waals surface area contributed by atoms with E-state index in [-0.39, 0.29) is 38.2 Å². The molecule has 0 unspecified atom stereocenters. The topological polar surface area (TPSA) is 38.3 Å². The minimum absolute atomic E-state index is 0. The van der Waals surface area contributed by atoms with Gasteiger partial charge < -0.3 is 10.1 Å². The molecule has 1 aliphatic rings. The number of amides is 1. The van der Waals surface area contributed by atoms with Crippen molar-refractivity contribution in [2.24, 2.45) is 0 Å².